The normalized spacial score (nSPS) is 13.2. The molecule has 0 spiro atoms. The first-order valence-corrected chi connectivity index (χ1v) is 12.6. The van der Waals surface area contributed by atoms with Gasteiger partial charge >= 0.3 is 12.4 Å². The number of halogens is 7. The number of aromatic nitrogens is 1. The minimum atomic E-state index is -5.09. The Morgan fingerprint density at radius 1 is 0.905 bits per heavy atom. The van der Waals surface area contributed by atoms with Gasteiger partial charge in [0.05, 0.1) is 41.1 Å². The van der Waals surface area contributed by atoms with E-state index in [4.69, 9.17) is 0 Å². The average molecular weight is 602 g/mol. The fraction of sp³-hybridized carbons (Fsp3) is 0.379. The predicted molar refractivity (Wildman–Crippen MR) is 144 cm³/mol. The van der Waals surface area contributed by atoms with Gasteiger partial charge in [-0.2, -0.15) is 26.3 Å². The predicted octanol–water partition coefficient (Wildman–Crippen LogP) is 5.96. The number of nitrogens with zero attached hydrogens (tertiary/aromatic N) is 3. The number of aryl methyl sites for hydroxylation is 1. The summed E-state index contributed by atoms with van der Waals surface area (Å²) in [4.78, 5) is 20.7. The van der Waals surface area contributed by atoms with Gasteiger partial charge < -0.3 is 20.0 Å². The number of hydrogen-bond acceptors (Lipinski definition) is 5. The Labute approximate surface area is 238 Å². The second-order valence-corrected chi connectivity index (χ2v) is 10.5. The number of pyridine rings is 1. The molecule has 2 aromatic carbocycles. The number of carbonyl (C=O) groups is 1. The average Bonchev–Trinajstić information content (AvgIpc) is 2.90. The number of likely N-dealkylation sites (N-methyl/N-ethyl adjacent to an activating group) is 2. The molecule has 1 atom stereocenters. The largest absolute Gasteiger partial charge is 0.416 e. The third-order valence-electron chi connectivity index (χ3n) is 6.94. The van der Waals surface area contributed by atoms with E-state index in [1.165, 1.54) is 50.2 Å². The van der Waals surface area contributed by atoms with Crippen molar-refractivity contribution in [2.45, 2.75) is 44.6 Å². The topological polar surface area (TPSA) is 76.9 Å². The van der Waals surface area contributed by atoms with Crippen LogP contribution in [0.3, 0.4) is 0 Å². The SMILES string of the molecule is Cc1cc(F)ccc1-c1cc(N(C)CC(O)CO)ncc1N(C)C(=O)C(C)(C)c1cc(C(F)(F)F)cc(C(F)(F)F)c1. The molecule has 0 aliphatic carbocycles. The van der Waals surface area contributed by atoms with Crippen molar-refractivity contribution in [3.8, 4) is 11.1 Å². The molecule has 0 aliphatic heterocycles. The van der Waals surface area contributed by atoms with Gasteiger partial charge in [0.1, 0.15) is 11.6 Å². The van der Waals surface area contributed by atoms with Crippen molar-refractivity contribution in [3.05, 3.63) is 76.7 Å². The molecule has 1 unspecified atom stereocenters. The molecule has 42 heavy (non-hydrogen) atoms. The van der Waals surface area contributed by atoms with E-state index in [-0.39, 0.29) is 18.3 Å². The number of aliphatic hydroxyl groups is 2. The monoisotopic (exact) mass is 601 g/mol. The van der Waals surface area contributed by atoms with E-state index >= 15 is 0 Å². The van der Waals surface area contributed by atoms with Crippen LogP contribution in [0.15, 0.2) is 48.7 Å². The summed E-state index contributed by atoms with van der Waals surface area (Å²) in [5, 5.41) is 19.0. The third kappa shape index (κ3) is 7.01. The van der Waals surface area contributed by atoms with Crippen LogP contribution in [0.4, 0.5) is 42.2 Å². The molecule has 0 bridgehead atoms. The summed E-state index contributed by atoms with van der Waals surface area (Å²) in [7, 11) is 2.90. The van der Waals surface area contributed by atoms with E-state index in [0.717, 1.165) is 4.90 Å². The minimum Gasteiger partial charge on any atom is -0.394 e. The first-order valence-electron chi connectivity index (χ1n) is 12.6. The van der Waals surface area contributed by atoms with Crippen LogP contribution < -0.4 is 9.80 Å². The van der Waals surface area contributed by atoms with E-state index in [1.807, 2.05) is 0 Å². The van der Waals surface area contributed by atoms with Crippen LogP contribution in [-0.2, 0) is 22.6 Å². The zero-order valence-electron chi connectivity index (χ0n) is 23.4. The maximum atomic E-state index is 13.9. The zero-order chi connectivity index (χ0) is 31.8. The van der Waals surface area contributed by atoms with Crippen molar-refractivity contribution in [1.29, 1.82) is 0 Å². The van der Waals surface area contributed by atoms with Gasteiger partial charge in [0.25, 0.3) is 0 Å². The van der Waals surface area contributed by atoms with Crippen LogP contribution in [-0.4, -0.2) is 54.5 Å². The Morgan fingerprint density at radius 2 is 1.45 bits per heavy atom. The van der Waals surface area contributed by atoms with Crippen molar-refractivity contribution in [1.82, 2.24) is 4.98 Å². The smallest absolute Gasteiger partial charge is 0.394 e. The lowest BCUT2D eigenvalue weighted by Crippen LogP contribution is -2.42. The summed E-state index contributed by atoms with van der Waals surface area (Å²) >= 11 is 0. The Kier molecular flexibility index (Phi) is 9.28. The van der Waals surface area contributed by atoms with Crippen molar-refractivity contribution in [2.75, 3.05) is 37.0 Å². The molecule has 6 nitrogen and oxygen atoms in total. The highest BCUT2D eigenvalue weighted by molar-refractivity contribution is 6.03. The summed E-state index contributed by atoms with van der Waals surface area (Å²) in [5.74, 6) is -1.06. The van der Waals surface area contributed by atoms with Crippen molar-refractivity contribution in [2.24, 2.45) is 0 Å². The number of benzene rings is 2. The minimum absolute atomic E-state index is 0.00391. The number of hydrogen-bond donors (Lipinski definition) is 2. The van der Waals surface area contributed by atoms with Crippen molar-refractivity contribution in [3.63, 3.8) is 0 Å². The second-order valence-electron chi connectivity index (χ2n) is 10.5. The molecule has 2 N–H and O–H groups in total. The number of alkyl halides is 6. The maximum absolute atomic E-state index is 13.9. The molecule has 0 saturated heterocycles. The molecule has 0 fully saturated rings. The molecule has 0 radical (unpaired) electrons. The molecule has 3 aromatic rings. The highest BCUT2D eigenvalue weighted by atomic mass is 19.4. The first-order chi connectivity index (χ1) is 19.3. The van der Waals surface area contributed by atoms with E-state index in [2.05, 4.69) is 4.98 Å². The van der Waals surface area contributed by atoms with Crippen LogP contribution in [0.1, 0.15) is 36.1 Å². The van der Waals surface area contributed by atoms with Gasteiger partial charge in [-0.05, 0) is 73.9 Å². The van der Waals surface area contributed by atoms with Crippen LogP contribution in [0.25, 0.3) is 11.1 Å². The van der Waals surface area contributed by atoms with Gasteiger partial charge in [0, 0.05) is 26.2 Å². The molecule has 3 rings (SSSR count). The molecular weight excluding hydrogens is 571 g/mol. The highest BCUT2D eigenvalue weighted by Gasteiger charge is 2.41. The standard InChI is InChI=1S/C29H30F7N3O3/c1-16-8-20(30)6-7-22(16)23-12-25(38(4)14-21(41)15-40)37-13-24(23)39(5)26(42)27(2,3)17-9-18(28(31,32)33)11-19(10-17)29(34,35)36/h6-13,21,40-41H,14-15H2,1-5H3. The van der Waals surface area contributed by atoms with Gasteiger partial charge in [-0.1, -0.05) is 6.07 Å². The van der Waals surface area contributed by atoms with Crippen LogP contribution in [0.5, 0.6) is 0 Å². The summed E-state index contributed by atoms with van der Waals surface area (Å²) in [6.45, 7) is 3.54. The molecule has 0 aliphatic rings. The van der Waals surface area contributed by atoms with E-state index < -0.39 is 58.9 Å². The van der Waals surface area contributed by atoms with Gasteiger partial charge in [-0.25, -0.2) is 9.37 Å². The van der Waals surface area contributed by atoms with Crippen molar-refractivity contribution < 1.29 is 45.7 Å². The molecule has 228 valence electrons. The zero-order valence-corrected chi connectivity index (χ0v) is 23.4. The fourth-order valence-corrected chi connectivity index (χ4v) is 4.49. The lowest BCUT2D eigenvalue weighted by Gasteiger charge is -2.32. The summed E-state index contributed by atoms with van der Waals surface area (Å²) < 4.78 is 95.1. The Hall–Kier alpha value is -3.71. The van der Waals surface area contributed by atoms with Crippen molar-refractivity contribution >= 4 is 17.4 Å². The quantitative estimate of drug-likeness (QED) is 0.312. The lowest BCUT2D eigenvalue weighted by atomic mass is 9.81. The van der Waals surface area contributed by atoms with Crippen LogP contribution in [0.2, 0.25) is 0 Å². The first kappa shape index (κ1) is 32.8. The lowest BCUT2D eigenvalue weighted by molar-refractivity contribution is -0.143. The Balaban J connectivity index is 2.16. The highest BCUT2D eigenvalue weighted by Crippen LogP contribution is 2.41. The summed E-state index contributed by atoms with van der Waals surface area (Å²) in [6, 6.07) is 6.49. The summed E-state index contributed by atoms with van der Waals surface area (Å²) in [6.07, 6.45) is -9.99. The molecule has 1 amide bonds. The van der Waals surface area contributed by atoms with Gasteiger partial charge in [-0.15, -0.1) is 0 Å². The third-order valence-corrected chi connectivity index (χ3v) is 6.94. The fourth-order valence-electron chi connectivity index (χ4n) is 4.49. The van der Waals surface area contributed by atoms with E-state index in [0.29, 0.717) is 34.6 Å². The van der Waals surface area contributed by atoms with Crippen LogP contribution in [0, 0.1) is 12.7 Å². The van der Waals surface area contributed by atoms with E-state index in [1.54, 1.807) is 20.0 Å². The van der Waals surface area contributed by atoms with Gasteiger partial charge in [0.2, 0.25) is 5.91 Å². The van der Waals surface area contributed by atoms with Gasteiger partial charge in [-0.3, -0.25) is 4.79 Å². The van der Waals surface area contributed by atoms with E-state index in [9.17, 15) is 45.7 Å². The Bertz CT molecular complexity index is 1420. The van der Waals surface area contributed by atoms with Crippen LogP contribution >= 0.6 is 0 Å². The molecule has 1 aromatic heterocycles. The van der Waals surface area contributed by atoms with Gasteiger partial charge in [0.15, 0.2) is 0 Å². The number of aliphatic hydroxyl groups excluding tert-OH is 2. The second kappa shape index (κ2) is 11.9. The maximum Gasteiger partial charge on any atom is 0.416 e. The molecule has 0 saturated carbocycles. The number of carbonyl (C=O) groups excluding carboxylic acids is 1. The summed E-state index contributed by atoms with van der Waals surface area (Å²) in [5.41, 5.74) is -4.01. The number of amides is 1. The Morgan fingerprint density at radius 3 is 1.95 bits per heavy atom. The molecular formula is C29H30F7N3O3. The molecule has 13 heteroatoms. The number of anilines is 2. The number of rotatable bonds is 8. The molecule has 1 heterocycles.